The van der Waals surface area contributed by atoms with Crippen molar-refractivity contribution in [3.8, 4) is 0 Å². The largest absolute Gasteiger partial charge is 0.388 e. The van der Waals surface area contributed by atoms with Crippen LogP contribution in [0.2, 0.25) is 0 Å². The van der Waals surface area contributed by atoms with Gasteiger partial charge in [-0.2, -0.15) is 0 Å². The molecule has 0 radical (unpaired) electrons. The highest BCUT2D eigenvalue weighted by Gasteiger charge is 2.12. The van der Waals surface area contributed by atoms with Crippen LogP contribution in [0.1, 0.15) is 17.2 Å². The number of rotatable bonds is 3. The zero-order valence-corrected chi connectivity index (χ0v) is 12.8. The van der Waals surface area contributed by atoms with Crippen molar-refractivity contribution in [3.63, 3.8) is 0 Å². The smallest absolute Gasteiger partial charge is 0.124 e. The number of halogens is 2. The predicted molar refractivity (Wildman–Crippen MR) is 86.7 cm³/mol. The first-order chi connectivity index (χ1) is 10.1. The van der Waals surface area contributed by atoms with E-state index in [-0.39, 0.29) is 5.82 Å². The minimum Gasteiger partial charge on any atom is -0.388 e. The van der Waals surface area contributed by atoms with Gasteiger partial charge in [-0.25, -0.2) is 4.39 Å². The second-order valence-corrected chi connectivity index (χ2v) is 5.98. The number of aliphatic hydroxyl groups is 1. The van der Waals surface area contributed by atoms with E-state index in [2.05, 4.69) is 15.9 Å². The molecule has 0 saturated heterocycles. The van der Waals surface area contributed by atoms with Gasteiger partial charge in [0.05, 0.1) is 6.10 Å². The Hall–Kier alpha value is -1.71. The Labute approximate surface area is 131 Å². The Balaban J connectivity index is 1.94. The number of hydrogen-bond acceptors (Lipinski definition) is 1. The van der Waals surface area contributed by atoms with Gasteiger partial charge in [-0.05, 0) is 40.1 Å². The van der Waals surface area contributed by atoms with Gasteiger partial charge in [0, 0.05) is 10.9 Å². The molecule has 0 saturated carbocycles. The van der Waals surface area contributed by atoms with Crippen molar-refractivity contribution in [3.05, 3.63) is 82.1 Å². The van der Waals surface area contributed by atoms with Crippen LogP contribution in [0.5, 0.6) is 0 Å². The van der Waals surface area contributed by atoms with Gasteiger partial charge in [0.1, 0.15) is 5.82 Å². The summed E-state index contributed by atoms with van der Waals surface area (Å²) in [4.78, 5) is 0. The molecule has 1 N–H and O–H groups in total. The minimum atomic E-state index is -0.734. The molecule has 3 aromatic carbocycles. The van der Waals surface area contributed by atoms with Crippen molar-refractivity contribution in [1.82, 2.24) is 0 Å². The average molecular weight is 345 g/mol. The topological polar surface area (TPSA) is 20.2 Å². The van der Waals surface area contributed by atoms with Crippen molar-refractivity contribution in [2.24, 2.45) is 0 Å². The van der Waals surface area contributed by atoms with E-state index in [0.29, 0.717) is 16.5 Å². The molecule has 1 nitrogen and oxygen atoms in total. The van der Waals surface area contributed by atoms with Crippen LogP contribution in [0, 0.1) is 5.82 Å². The molecule has 1 atom stereocenters. The average Bonchev–Trinajstić information content (AvgIpc) is 2.46. The van der Waals surface area contributed by atoms with Gasteiger partial charge < -0.3 is 5.11 Å². The molecule has 0 bridgehead atoms. The van der Waals surface area contributed by atoms with Gasteiger partial charge in [-0.15, -0.1) is 0 Å². The highest BCUT2D eigenvalue weighted by Crippen LogP contribution is 2.26. The summed E-state index contributed by atoms with van der Waals surface area (Å²) in [6.07, 6.45) is -0.278. The molecule has 0 aliphatic rings. The van der Waals surface area contributed by atoms with Crippen LogP contribution >= 0.6 is 15.9 Å². The number of hydrogen-bond donors (Lipinski definition) is 1. The van der Waals surface area contributed by atoms with E-state index in [4.69, 9.17) is 0 Å². The summed E-state index contributed by atoms with van der Waals surface area (Å²) in [5.74, 6) is -0.351. The first-order valence-corrected chi connectivity index (χ1v) is 7.53. The molecule has 0 aliphatic heterocycles. The molecular formula is C18H14BrFO. The van der Waals surface area contributed by atoms with Gasteiger partial charge in [-0.3, -0.25) is 0 Å². The summed E-state index contributed by atoms with van der Waals surface area (Å²) in [5.41, 5.74) is 1.63. The molecule has 21 heavy (non-hydrogen) atoms. The first kappa shape index (κ1) is 14.2. The third-order valence-corrected chi connectivity index (χ3v) is 4.02. The van der Waals surface area contributed by atoms with Crippen molar-refractivity contribution in [2.45, 2.75) is 12.5 Å². The maximum atomic E-state index is 13.4. The lowest BCUT2D eigenvalue weighted by molar-refractivity contribution is 0.178. The van der Waals surface area contributed by atoms with Gasteiger partial charge in [0.25, 0.3) is 0 Å². The van der Waals surface area contributed by atoms with Crippen molar-refractivity contribution in [2.75, 3.05) is 0 Å². The zero-order chi connectivity index (χ0) is 14.8. The molecule has 1 unspecified atom stereocenters. The summed E-state index contributed by atoms with van der Waals surface area (Å²) < 4.78 is 14.1. The number of fused-ring (bicyclic) bond motifs is 1. The summed E-state index contributed by atoms with van der Waals surface area (Å²) in [6.45, 7) is 0. The highest BCUT2D eigenvalue weighted by atomic mass is 79.9. The lowest BCUT2D eigenvalue weighted by atomic mass is 9.97. The molecule has 0 fully saturated rings. The van der Waals surface area contributed by atoms with E-state index in [1.54, 1.807) is 6.07 Å². The maximum absolute atomic E-state index is 13.4. The molecule has 0 amide bonds. The summed E-state index contributed by atoms with van der Waals surface area (Å²) in [6, 6.07) is 18.6. The summed E-state index contributed by atoms with van der Waals surface area (Å²) in [5, 5.41) is 12.7. The molecule has 0 heterocycles. The predicted octanol–water partition coefficient (Wildman–Crippen LogP) is 5.02. The third kappa shape index (κ3) is 3.14. The lowest BCUT2D eigenvalue weighted by Gasteiger charge is -2.13. The molecule has 3 rings (SSSR count). The van der Waals surface area contributed by atoms with E-state index < -0.39 is 6.10 Å². The van der Waals surface area contributed by atoms with Crippen LogP contribution in [-0.4, -0.2) is 5.11 Å². The molecule has 0 aromatic heterocycles. The molecule has 3 heteroatoms. The normalized spacial score (nSPS) is 12.5. The highest BCUT2D eigenvalue weighted by molar-refractivity contribution is 9.10. The fourth-order valence-electron chi connectivity index (χ4n) is 2.56. The Morgan fingerprint density at radius 2 is 1.76 bits per heavy atom. The maximum Gasteiger partial charge on any atom is 0.124 e. The van der Waals surface area contributed by atoms with E-state index in [0.717, 1.165) is 16.3 Å². The Kier molecular flexibility index (Phi) is 4.04. The number of aliphatic hydroxyl groups excluding tert-OH is 1. The van der Waals surface area contributed by atoms with Crippen LogP contribution in [0.25, 0.3) is 10.8 Å². The minimum absolute atomic E-state index is 0.351. The first-order valence-electron chi connectivity index (χ1n) is 6.74. The Bertz CT molecular complexity index is 760. The molecule has 0 aliphatic carbocycles. The quantitative estimate of drug-likeness (QED) is 0.707. The van der Waals surface area contributed by atoms with Crippen LogP contribution in [0.15, 0.2) is 65.1 Å². The van der Waals surface area contributed by atoms with Gasteiger partial charge in [-0.1, -0.05) is 58.4 Å². The van der Waals surface area contributed by atoms with E-state index in [1.165, 1.54) is 12.1 Å². The molecule has 106 valence electrons. The third-order valence-electron chi connectivity index (χ3n) is 3.56. The van der Waals surface area contributed by atoms with Crippen LogP contribution in [0.4, 0.5) is 4.39 Å². The molecule has 0 spiro atoms. The summed E-state index contributed by atoms with van der Waals surface area (Å²) in [7, 11) is 0. The van der Waals surface area contributed by atoms with E-state index >= 15 is 0 Å². The van der Waals surface area contributed by atoms with Gasteiger partial charge in [0.2, 0.25) is 0 Å². The number of benzene rings is 3. The lowest BCUT2D eigenvalue weighted by Crippen LogP contribution is -2.03. The molecular weight excluding hydrogens is 331 g/mol. The van der Waals surface area contributed by atoms with E-state index in [1.807, 2.05) is 42.5 Å². The Morgan fingerprint density at radius 1 is 1.00 bits per heavy atom. The molecule has 3 aromatic rings. The van der Waals surface area contributed by atoms with Gasteiger partial charge in [0.15, 0.2) is 0 Å². The Morgan fingerprint density at radius 3 is 2.57 bits per heavy atom. The second-order valence-electron chi connectivity index (χ2n) is 5.06. The monoisotopic (exact) mass is 344 g/mol. The van der Waals surface area contributed by atoms with Crippen molar-refractivity contribution >= 4 is 26.7 Å². The van der Waals surface area contributed by atoms with Crippen LogP contribution in [-0.2, 0) is 6.42 Å². The fourth-order valence-corrected chi connectivity index (χ4v) is 3.05. The fraction of sp³-hybridized carbons (Fsp3) is 0.111. The van der Waals surface area contributed by atoms with Gasteiger partial charge >= 0.3 is 0 Å². The zero-order valence-electron chi connectivity index (χ0n) is 11.3. The SMILES string of the molecule is OC(Cc1cccc2ccccc12)c1cc(F)cc(Br)c1. The summed E-state index contributed by atoms with van der Waals surface area (Å²) >= 11 is 3.26. The van der Waals surface area contributed by atoms with Crippen molar-refractivity contribution in [1.29, 1.82) is 0 Å². The standard InChI is InChI=1S/C18H14BrFO/c19-15-8-14(9-16(20)11-15)18(21)10-13-6-3-5-12-4-1-2-7-17(12)13/h1-9,11,18,21H,10H2. The van der Waals surface area contributed by atoms with Crippen LogP contribution in [0.3, 0.4) is 0 Å². The van der Waals surface area contributed by atoms with Crippen molar-refractivity contribution < 1.29 is 9.50 Å². The van der Waals surface area contributed by atoms with E-state index in [9.17, 15) is 9.50 Å². The second kappa shape index (κ2) is 5.96. The van der Waals surface area contributed by atoms with Crippen LogP contribution < -0.4 is 0 Å².